The summed E-state index contributed by atoms with van der Waals surface area (Å²) in [6.07, 6.45) is 2.12. The van der Waals surface area contributed by atoms with Crippen LogP contribution in [0.2, 0.25) is 0 Å². The molecule has 1 rings (SSSR count). The SMILES string of the molecule is NC(=O)N/N=C1/CCCSC1. The zero-order chi connectivity index (χ0) is 8.10. The number of rotatable bonds is 1. The second kappa shape index (κ2) is 4.23. The molecule has 4 nitrogen and oxygen atoms in total. The number of primary amides is 1. The van der Waals surface area contributed by atoms with E-state index in [1.165, 1.54) is 5.75 Å². The summed E-state index contributed by atoms with van der Waals surface area (Å²) in [5.74, 6) is 2.11. The number of nitrogens with zero attached hydrogens (tertiary/aromatic N) is 1. The average Bonchev–Trinajstić information content (AvgIpc) is 2.03. The highest BCUT2D eigenvalue weighted by atomic mass is 32.2. The number of hydrazone groups is 1. The van der Waals surface area contributed by atoms with E-state index in [4.69, 9.17) is 5.73 Å². The number of hydrogen-bond acceptors (Lipinski definition) is 3. The first-order valence-electron chi connectivity index (χ1n) is 3.47. The number of urea groups is 1. The summed E-state index contributed by atoms with van der Waals surface area (Å²) in [7, 11) is 0. The number of carbonyl (C=O) groups is 1. The van der Waals surface area contributed by atoms with Crippen LogP contribution in [-0.2, 0) is 0 Å². The molecule has 62 valence electrons. The van der Waals surface area contributed by atoms with Crippen molar-refractivity contribution in [1.82, 2.24) is 5.43 Å². The van der Waals surface area contributed by atoms with Crippen molar-refractivity contribution in [2.75, 3.05) is 11.5 Å². The molecule has 3 N–H and O–H groups in total. The van der Waals surface area contributed by atoms with Crippen LogP contribution in [0, 0.1) is 0 Å². The summed E-state index contributed by atoms with van der Waals surface area (Å²) >= 11 is 1.83. The van der Waals surface area contributed by atoms with Crippen molar-refractivity contribution < 1.29 is 4.79 Å². The quantitative estimate of drug-likeness (QED) is 0.568. The molecule has 5 heteroatoms. The van der Waals surface area contributed by atoms with Crippen molar-refractivity contribution in [3.05, 3.63) is 0 Å². The van der Waals surface area contributed by atoms with Crippen LogP contribution in [0.1, 0.15) is 12.8 Å². The summed E-state index contributed by atoms with van der Waals surface area (Å²) in [5.41, 5.74) is 8.10. The minimum absolute atomic E-state index is 0.590. The molecular formula is C6H11N3OS. The third-order valence-electron chi connectivity index (χ3n) is 1.35. The van der Waals surface area contributed by atoms with E-state index in [1.54, 1.807) is 0 Å². The minimum Gasteiger partial charge on any atom is -0.350 e. The van der Waals surface area contributed by atoms with Crippen LogP contribution in [0.15, 0.2) is 5.10 Å². The lowest BCUT2D eigenvalue weighted by molar-refractivity contribution is 0.249. The number of nitrogens with one attached hydrogen (secondary N) is 1. The Balaban J connectivity index is 2.32. The van der Waals surface area contributed by atoms with Gasteiger partial charge in [-0.05, 0) is 18.6 Å². The molecule has 0 radical (unpaired) electrons. The topological polar surface area (TPSA) is 67.5 Å². The van der Waals surface area contributed by atoms with Gasteiger partial charge >= 0.3 is 6.03 Å². The Morgan fingerprint density at radius 1 is 1.73 bits per heavy atom. The zero-order valence-electron chi connectivity index (χ0n) is 6.17. The largest absolute Gasteiger partial charge is 0.350 e. The maximum atomic E-state index is 10.2. The van der Waals surface area contributed by atoms with E-state index in [-0.39, 0.29) is 0 Å². The Bertz CT molecular complexity index is 173. The fourth-order valence-corrected chi connectivity index (χ4v) is 1.80. The summed E-state index contributed by atoms with van der Waals surface area (Å²) < 4.78 is 0. The van der Waals surface area contributed by atoms with Gasteiger partial charge in [-0.1, -0.05) is 0 Å². The molecule has 1 aliphatic heterocycles. The van der Waals surface area contributed by atoms with Crippen LogP contribution in [0.5, 0.6) is 0 Å². The number of hydrogen-bond donors (Lipinski definition) is 2. The zero-order valence-corrected chi connectivity index (χ0v) is 6.99. The van der Waals surface area contributed by atoms with Crippen molar-refractivity contribution in [2.45, 2.75) is 12.8 Å². The van der Waals surface area contributed by atoms with Gasteiger partial charge in [-0.15, -0.1) is 0 Å². The van der Waals surface area contributed by atoms with Gasteiger partial charge in [-0.2, -0.15) is 16.9 Å². The maximum Gasteiger partial charge on any atom is 0.332 e. The van der Waals surface area contributed by atoms with Crippen molar-refractivity contribution in [3.63, 3.8) is 0 Å². The van der Waals surface area contributed by atoms with Gasteiger partial charge in [0.05, 0.1) is 0 Å². The van der Waals surface area contributed by atoms with Crippen LogP contribution in [0.4, 0.5) is 4.79 Å². The minimum atomic E-state index is -0.590. The van der Waals surface area contributed by atoms with Crippen LogP contribution in [0.3, 0.4) is 0 Å². The molecule has 0 unspecified atom stereocenters. The molecule has 0 bridgehead atoms. The van der Waals surface area contributed by atoms with Gasteiger partial charge in [0, 0.05) is 11.5 Å². The summed E-state index contributed by atoms with van der Waals surface area (Å²) in [5, 5.41) is 3.85. The molecule has 0 aromatic rings. The molecule has 1 fully saturated rings. The van der Waals surface area contributed by atoms with E-state index < -0.39 is 6.03 Å². The molecule has 1 aliphatic rings. The molecule has 0 spiro atoms. The van der Waals surface area contributed by atoms with Gasteiger partial charge in [-0.3, -0.25) is 0 Å². The molecule has 1 saturated heterocycles. The first-order chi connectivity index (χ1) is 5.29. The van der Waals surface area contributed by atoms with E-state index >= 15 is 0 Å². The average molecular weight is 173 g/mol. The Morgan fingerprint density at radius 3 is 3.09 bits per heavy atom. The van der Waals surface area contributed by atoms with Crippen molar-refractivity contribution in [2.24, 2.45) is 10.8 Å². The summed E-state index contributed by atoms with van der Waals surface area (Å²) in [4.78, 5) is 10.2. The van der Waals surface area contributed by atoms with E-state index in [0.29, 0.717) is 0 Å². The van der Waals surface area contributed by atoms with Gasteiger partial charge in [0.15, 0.2) is 0 Å². The van der Waals surface area contributed by atoms with Crippen molar-refractivity contribution in [3.8, 4) is 0 Å². The predicted octanol–water partition coefficient (Wildman–Crippen LogP) is 0.538. The number of amides is 2. The monoisotopic (exact) mass is 173 g/mol. The smallest absolute Gasteiger partial charge is 0.332 e. The molecule has 0 saturated carbocycles. The second-order valence-corrected chi connectivity index (χ2v) is 3.42. The van der Waals surface area contributed by atoms with Crippen LogP contribution >= 0.6 is 11.8 Å². The fourth-order valence-electron chi connectivity index (χ4n) is 0.863. The molecule has 0 aromatic heterocycles. The molecule has 1 heterocycles. The molecule has 0 aromatic carbocycles. The normalized spacial score (nSPS) is 21.6. The number of nitrogens with two attached hydrogens (primary N) is 1. The van der Waals surface area contributed by atoms with Crippen LogP contribution < -0.4 is 11.2 Å². The van der Waals surface area contributed by atoms with Crippen molar-refractivity contribution >= 4 is 23.5 Å². The van der Waals surface area contributed by atoms with Gasteiger partial charge in [0.25, 0.3) is 0 Å². The Kier molecular flexibility index (Phi) is 3.22. The molecular weight excluding hydrogens is 162 g/mol. The predicted molar refractivity (Wildman–Crippen MR) is 46.7 cm³/mol. The summed E-state index contributed by atoms with van der Waals surface area (Å²) in [6, 6.07) is -0.590. The Labute approximate surface area is 69.6 Å². The highest BCUT2D eigenvalue weighted by Gasteiger charge is 2.06. The Morgan fingerprint density at radius 2 is 2.55 bits per heavy atom. The van der Waals surface area contributed by atoms with E-state index in [0.717, 1.165) is 24.3 Å². The first kappa shape index (κ1) is 8.39. The van der Waals surface area contributed by atoms with Crippen LogP contribution in [-0.4, -0.2) is 23.2 Å². The summed E-state index contributed by atoms with van der Waals surface area (Å²) in [6.45, 7) is 0. The van der Waals surface area contributed by atoms with E-state index in [9.17, 15) is 4.79 Å². The third-order valence-corrected chi connectivity index (χ3v) is 2.46. The second-order valence-electron chi connectivity index (χ2n) is 2.31. The molecule has 0 atom stereocenters. The van der Waals surface area contributed by atoms with Gasteiger partial charge in [-0.25, -0.2) is 10.2 Å². The third kappa shape index (κ3) is 3.27. The van der Waals surface area contributed by atoms with E-state index in [1.807, 2.05) is 11.8 Å². The van der Waals surface area contributed by atoms with Crippen molar-refractivity contribution in [1.29, 1.82) is 0 Å². The van der Waals surface area contributed by atoms with Gasteiger partial charge in [0.1, 0.15) is 0 Å². The molecule has 11 heavy (non-hydrogen) atoms. The standard InChI is InChI=1S/C6H11N3OS/c7-6(10)9-8-5-2-1-3-11-4-5/h1-4H2,(H3,7,9,10)/b8-5-. The lowest BCUT2D eigenvalue weighted by atomic mass is 10.2. The highest BCUT2D eigenvalue weighted by Crippen LogP contribution is 2.13. The van der Waals surface area contributed by atoms with Gasteiger partial charge < -0.3 is 5.73 Å². The lowest BCUT2D eigenvalue weighted by Gasteiger charge is -2.10. The molecule has 0 aliphatic carbocycles. The number of thioether (sulfide) groups is 1. The first-order valence-corrected chi connectivity index (χ1v) is 4.63. The van der Waals surface area contributed by atoms with Crippen LogP contribution in [0.25, 0.3) is 0 Å². The molecule has 2 amide bonds. The Hall–Kier alpha value is -0.710. The maximum absolute atomic E-state index is 10.2. The fraction of sp³-hybridized carbons (Fsp3) is 0.667. The van der Waals surface area contributed by atoms with E-state index in [2.05, 4.69) is 10.5 Å². The van der Waals surface area contributed by atoms with Gasteiger partial charge in [0.2, 0.25) is 0 Å². The lowest BCUT2D eigenvalue weighted by Crippen LogP contribution is -2.26. The number of carbonyl (C=O) groups excluding carboxylic acids is 1. The highest BCUT2D eigenvalue weighted by molar-refractivity contribution is 8.00.